The van der Waals surface area contributed by atoms with Gasteiger partial charge in [-0.25, -0.2) is 0 Å². The summed E-state index contributed by atoms with van der Waals surface area (Å²) < 4.78 is 5.26. The van der Waals surface area contributed by atoms with Crippen LogP contribution in [0.15, 0.2) is 41.2 Å². The van der Waals surface area contributed by atoms with Gasteiger partial charge in [0.25, 0.3) is 5.91 Å². The number of rotatable bonds is 6. The summed E-state index contributed by atoms with van der Waals surface area (Å²) in [7, 11) is 1.59. The van der Waals surface area contributed by atoms with Crippen molar-refractivity contribution in [3.05, 3.63) is 63.6 Å². The topological polar surface area (TPSA) is 71.2 Å². The zero-order valence-corrected chi connectivity index (χ0v) is 13.7. The monoisotopic (exact) mass is 314 g/mol. The van der Waals surface area contributed by atoms with Crippen LogP contribution in [-0.2, 0) is 13.0 Å². The number of hydrogen-bond acceptors (Lipinski definition) is 3. The SMILES string of the molecule is COc1ccccc1CNC(=O)c1cc(CC(C)C)[nH]c(=O)c1. The second kappa shape index (κ2) is 7.63. The Morgan fingerprint density at radius 3 is 2.70 bits per heavy atom. The molecule has 5 heteroatoms. The van der Waals surface area contributed by atoms with Crippen LogP contribution < -0.4 is 15.6 Å². The Morgan fingerprint density at radius 2 is 2.00 bits per heavy atom. The normalized spacial score (nSPS) is 10.6. The minimum Gasteiger partial charge on any atom is -0.496 e. The van der Waals surface area contributed by atoms with Gasteiger partial charge >= 0.3 is 0 Å². The predicted molar refractivity (Wildman–Crippen MR) is 89.8 cm³/mol. The zero-order chi connectivity index (χ0) is 16.8. The van der Waals surface area contributed by atoms with Crippen molar-refractivity contribution in [2.45, 2.75) is 26.8 Å². The number of carbonyl (C=O) groups excluding carboxylic acids is 1. The summed E-state index contributed by atoms with van der Waals surface area (Å²) in [6.45, 7) is 4.47. The highest BCUT2D eigenvalue weighted by Gasteiger charge is 2.10. The molecule has 0 aliphatic rings. The number of pyridine rings is 1. The fourth-order valence-electron chi connectivity index (χ4n) is 2.41. The first-order chi connectivity index (χ1) is 11.0. The van der Waals surface area contributed by atoms with Crippen molar-refractivity contribution in [2.75, 3.05) is 7.11 Å². The van der Waals surface area contributed by atoms with Crippen molar-refractivity contribution in [1.29, 1.82) is 0 Å². The van der Waals surface area contributed by atoms with E-state index in [1.54, 1.807) is 13.2 Å². The lowest BCUT2D eigenvalue weighted by molar-refractivity contribution is 0.0950. The van der Waals surface area contributed by atoms with E-state index in [1.165, 1.54) is 6.07 Å². The van der Waals surface area contributed by atoms with Crippen molar-refractivity contribution in [2.24, 2.45) is 5.92 Å². The molecule has 23 heavy (non-hydrogen) atoms. The first-order valence-corrected chi connectivity index (χ1v) is 7.63. The summed E-state index contributed by atoms with van der Waals surface area (Å²) in [5, 5.41) is 2.83. The van der Waals surface area contributed by atoms with Crippen molar-refractivity contribution in [3.63, 3.8) is 0 Å². The molecule has 1 amide bonds. The first kappa shape index (κ1) is 16.8. The van der Waals surface area contributed by atoms with Crippen molar-refractivity contribution < 1.29 is 9.53 Å². The zero-order valence-electron chi connectivity index (χ0n) is 13.7. The first-order valence-electron chi connectivity index (χ1n) is 7.63. The van der Waals surface area contributed by atoms with Gasteiger partial charge in [0.2, 0.25) is 5.56 Å². The highest BCUT2D eigenvalue weighted by molar-refractivity contribution is 5.94. The van der Waals surface area contributed by atoms with Gasteiger partial charge in [-0.15, -0.1) is 0 Å². The lowest BCUT2D eigenvalue weighted by atomic mass is 10.1. The summed E-state index contributed by atoms with van der Waals surface area (Å²) >= 11 is 0. The largest absolute Gasteiger partial charge is 0.496 e. The van der Waals surface area contributed by atoms with Crippen LogP contribution in [0.1, 0.15) is 35.5 Å². The molecule has 2 rings (SSSR count). The van der Waals surface area contributed by atoms with E-state index in [0.717, 1.165) is 23.4 Å². The third-order valence-electron chi connectivity index (χ3n) is 3.42. The molecule has 0 aliphatic heterocycles. The van der Waals surface area contributed by atoms with E-state index in [1.807, 2.05) is 24.3 Å². The van der Waals surface area contributed by atoms with Crippen molar-refractivity contribution in [1.82, 2.24) is 10.3 Å². The number of hydrogen-bond donors (Lipinski definition) is 2. The Balaban J connectivity index is 2.11. The smallest absolute Gasteiger partial charge is 0.251 e. The van der Waals surface area contributed by atoms with Gasteiger partial charge in [-0.05, 0) is 24.5 Å². The molecule has 0 unspecified atom stereocenters. The van der Waals surface area contributed by atoms with Gasteiger partial charge in [-0.2, -0.15) is 0 Å². The molecule has 0 radical (unpaired) electrons. The minimum absolute atomic E-state index is 0.259. The number of H-pyrrole nitrogens is 1. The van der Waals surface area contributed by atoms with E-state index in [0.29, 0.717) is 18.0 Å². The molecule has 1 aromatic carbocycles. The molecule has 1 aromatic heterocycles. The van der Waals surface area contributed by atoms with E-state index < -0.39 is 0 Å². The third-order valence-corrected chi connectivity index (χ3v) is 3.42. The second-order valence-electron chi connectivity index (χ2n) is 5.85. The number of nitrogens with one attached hydrogen (secondary N) is 2. The molecule has 0 spiro atoms. The average Bonchev–Trinajstić information content (AvgIpc) is 2.51. The Bertz CT molecular complexity index is 735. The number of aromatic amines is 1. The van der Waals surface area contributed by atoms with Crippen LogP contribution in [-0.4, -0.2) is 18.0 Å². The highest BCUT2D eigenvalue weighted by atomic mass is 16.5. The molecule has 0 atom stereocenters. The standard InChI is InChI=1S/C18H22N2O3/c1-12(2)8-15-9-14(10-17(21)20-15)18(22)19-11-13-6-4-5-7-16(13)23-3/h4-7,9-10,12H,8,11H2,1-3H3,(H,19,22)(H,20,21). The fraction of sp³-hybridized carbons (Fsp3) is 0.333. The van der Waals surface area contributed by atoms with Crippen LogP contribution in [0.4, 0.5) is 0 Å². The van der Waals surface area contributed by atoms with Crippen molar-refractivity contribution in [3.8, 4) is 5.75 Å². The van der Waals surface area contributed by atoms with E-state index in [2.05, 4.69) is 24.1 Å². The van der Waals surface area contributed by atoms with Gasteiger partial charge in [-0.3, -0.25) is 9.59 Å². The van der Waals surface area contributed by atoms with E-state index in [9.17, 15) is 9.59 Å². The number of methoxy groups -OCH3 is 1. The van der Waals surface area contributed by atoms with Gasteiger partial charge in [0.15, 0.2) is 0 Å². The summed E-state index contributed by atoms with van der Waals surface area (Å²) in [5.41, 5.74) is 1.77. The van der Waals surface area contributed by atoms with Crippen LogP contribution in [0.3, 0.4) is 0 Å². The van der Waals surface area contributed by atoms with E-state index in [4.69, 9.17) is 4.74 Å². The number of aromatic nitrogens is 1. The van der Waals surface area contributed by atoms with Crippen LogP contribution in [0.5, 0.6) is 5.75 Å². The quantitative estimate of drug-likeness (QED) is 0.860. The Labute approximate surface area is 135 Å². The third kappa shape index (κ3) is 4.71. The average molecular weight is 314 g/mol. The maximum atomic E-state index is 12.3. The Hall–Kier alpha value is -2.56. The van der Waals surface area contributed by atoms with Crippen LogP contribution in [0.2, 0.25) is 0 Å². The summed E-state index contributed by atoms with van der Waals surface area (Å²) in [6, 6.07) is 10.5. The lowest BCUT2D eigenvalue weighted by Crippen LogP contribution is -2.25. The predicted octanol–water partition coefficient (Wildman–Crippen LogP) is 2.51. The summed E-state index contributed by atoms with van der Waals surface area (Å²) in [4.78, 5) is 26.8. The lowest BCUT2D eigenvalue weighted by Gasteiger charge is -2.10. The number of ether oxygens (including phenoxy) is 1. The molecule has 0 fully saturated rings. The number of carbonyl (C=O) groups is 1. The molecule has 0 saturated carbocycles. The van der Waals surface area contributed by atoms with E-state index >= 15 is 0 Å². The number of para-hydroxylation sites is 1. The number of amides is 1. The minimum atomic E-state index is -0.271. The van der Waals surface area contributed by atoms with Gasteiger partial charge < -0.3 is 15.0 Å². The number of benzene rings is 1. The fourth-order valence-corrected chi connectivity index (χ4v) is 2.41. The van der Waals surface area contributed by atoms with Gasteiger partial charge in [0.05, 0.1) is 7.11 Å². The maximum absolute atomic E-state index is 12.3. The molecule has 2 aromatic rings. The van der Waals surface area contributed by atoms with E-state index in [-0.39, 0.29) is 11.5 Å². The molecular weight excluding hydrogens is 292 g/mol. The maximum Gasteiger partial charge on any atom is 0.251 e. The molecule has 0 saturated heterocycles. The van der Waals surface area contributed by atoms with Crippen LogP contribution >= 0.6 is 0 Å². The van der Waals surface area contributed by atoms with Crippen LogP contribution in [0.25, 0.3) is 0 Å². The molecular formula is C18H22N2O3. The molecule has 2 N–H and O–H groups in total. The summed E-state index contributed by atoms with van der Waals surface area (Å²) in [5.74, 6) is 0.851. The van der Waals surface area contributed by atoms with Crippen molar-refractivity contribution >= 4 is 5.91 Å². The van der Waals surface area contributed by atoms with Gasteiger partial charge in [0, 0.05) is 29.4 Å². The highest BCUT2D eigenvalue weighted by Crippen LogP contribution is 2.16. The van der Waals surface area contributed by atoms with Gasteiger partial charge in [-0.1, -0.05) is 32.0 Å². The Kier molecular flexibility index (Phi) is 5.57. The summed E-state index contributed by atoms with van der Waals surface area (Å²) in [6.07, 6.45) is 0.725. The molecule has 5 nitrogen and oxygen atoms in total. The molecule has 122 valence electrons. The van der Waals surface area contributed by atoms with Crippen LogP contribution in [0, 0.1) is 5.92 Å². The molecule has 1 heterocycles. The molecule has 0 bridgehead atoms. The Morgan fingerprint density at radius 1 is 1.26 bits per heavy atom. The molecule has 0 aliphatic carbocycles. The van der Waals surface area contributed by atoms with Gasteiger partial charge in [0.1, 0.15) is 5.75 Å². The second-order valence-corrected chi connectivity index (χ2v) is 5.85.